The maximum atomic E-state index is 12.8. The number of benzene rings is 1. The first-order valence-electron chi connectivity index (χ1n) is 8.61. The highest BCUT2D eigenvalue weighted by molar-refractivity contribution is 6.06. The summed E-state index contributed by atoms with van der Waals surface area (Å²) in [4.78, 5) is 30.6. The van der Waals surface area contributed by atoms with Crippen LogP contribution in [0.15, 0.2) is 28.8 Å². The first kappa shape index (κ1) is 15.8. The predicted molar refractivity (Wildman–Crippen MR) is 89.4 cm³/mol. The quantitative estimate of drug-likeness (QED) is 0.868. The smallest absolute Gasteiger partial charge is 0.325 e. The summed E-state index contributed by atoms with van der Waals surface area (Å²) >= 11 is 0. The average molecular weight is 340 g/mol. The van der Waals surface area contributed by atoms with Gasteiger partial charge in [-0.3, -0.25) is 9.69 Å². The summed E-state index contributed by atoms with van der Waals surface area (Å²) in [7, 11) is 0. The molecule has 1 saturated heterocycles. The van der Waals surface area contributed by atoms with Crippen molar-refractivity contribution >= 4 is 11.9 Å². The lowest BCUT2D eigenvalue weighted by Gasteiger charge is -2.30. The molecule has 3 amide bonds. The number of amides is 3. The molecule has 0 bridgehead atoms. The summed E-state index contributed by atoms with van der Waals surface area (Å²) in [6, 6.07) is 7.36. The first-order valence-corrected chi connectivity index (χ1v) is 8.61. The lowest BCUT2D eigenvalue weighted by molar-refractivity contribution is -0.132. The van der Waals surface area contributed by atoms with Gasteiger partial charge in [-0.2, -0.15) is 4.98 Å². The molecule has 7 heteroatoms. The van der Waals surface area contributed by atoms with E-state index in [-0.39, 0.29) is 18.5 Å². The first-order chi connectivity index (χ1) is 12.1. The Morgan fingerprint density at radius 3 is 2.60 bits per heavy atom. The zero-order chi connectivity index (χ0) is 17.4. The van der Waals surface area contributed by atoms with Crippen LogP contribution in [-0.4, -0.2) is 32.5 Å². The van der Waals surface area contributed by atoms with Gasteiger partial charge < -0.3 is 9.84 Å². The third kappa shape index (κ3) is 2.79. The molecule has 2 aromatic rings. The van der Waals surface area contributed by atoms with E-state index in [2.05, 4.69) is 15.5 Å². The molecule has 1 aromatic carbocycles. The molecule has 1 saturated carbocycles. The SMILES string of the molecule is Cc1ccc(-c2nc(CN3C(=O)NC4(CCCCC4)C3=O)no2)cc1. The number of imide groups is 1. The molecule has 1 aliphatic heterocycles. The Morgan fingerprint density at radius 2 is 1.88 bits per heavy atom. The molecule has 7 nitrogen and oxygen atoms in total. The van der Waals surface area contributed by atoms with Crippen LogP contribution in [0.4, 0.5) is 4.79 Å². The van der Waals surface area contributed by atoms with E-state index in [1.807, 2.05) is 31.2 Å². The van der Waals surface area contributed by atoms with Gasteiger partial charge in [0.15, 0.2) is 5.82 Å². The summed E-state index contributed by atoms with van der Waals surface area (Å²) in [6.07, 6.45) is 4.43. The van der Waals surface area contributed by atoms with Gasteiger partial charge in [-0.15, -0.1) is 0 Å². The summed E-state index contributed by atoms with van der Waals surface area (Å²) in [5.74, 6) is 0.542. The zero-order valence-corrected chi connectivity index (χ0v) is 14.1. The minimum absolute atomic E-state index is 0.0295. The minimum Gasteiger partial charge on any atom is -0.334 e. The van der Waals surface area contributed by atoms with Gasteiger partial charge >= 0.3 is 6.03 Å². The Morgan fingerprint density at radius 1 is 1.16 bits per heavy atom. The molecule has 2 heterocycles. The summed E-state index contributed by atoms with van der Waals surface area (Å²) < 4.78 is 5.28. The van der Waals surface area contributed by atoms with Crippen molar-refractivity contribution < 1.29 is 14.1 Å². The molecule has 4 rings (SSSR count). The molecule has 1 aromatic heterocycles. The normalized spacial score (nSPS) is 19.5. The number of rotatable bonds is 3. The molecule has 0 atom stereocenters. The van der Waals surface area contributed by atoms with Crippen molar-refractivity contribution in [2.75, 3.05) is 0 Å². The second-order valence-electron chi connectivity index (χ2n) is 6.85. The fourth-order valence-corrected chi connectivity index (χ4v) is 3.59. The molecule has 1 spiro atoms. The van der Waals surface area contributed by atoms with Crippen LogP contribution in [0.5, 0.6) is 0 Å². The Bertz CT molecular complexity index is 806. The summed E-state index contributed by atoms with van der Waals surface area (Å²) in [6.45, 7) is 2.03. The van der Waals surface area contributed by atoms with Crippen molar-refractivity contribution in [2.24, 2.45) is 0 Å². The number of hydrogen-bond donors (Lipinski definition) is 1. The van der Waals surface area contributed by atoms with Crippen LogP contribution in [0.1, 0.15) is 43.5 Å². The van der Waals surface area contributed by atoms with Crippen molar-refractivity contribution in [1.82, 2.24) is 20.4 Å². The maximum absolute atomic E-state index is 12.8. The van der Waals surface area contributed by atoms with Gasteiger partial charge in [0.05, 0.1) is 6.54 Å². The average Bonchev–Trinajstić information content (AvgIpc) is 3.16. The highest BCUT2D eigenvalue weighted by Crippen LogP contribution is 2.34. The van der Waals surface area contributed by atoms with Gasteiger partial charge in [0.25, 0.3) is 11.8 Å². The number of aromatic nitrogens is 2. The number of hydrogen-bond acceptors (Lipinski definition) is 5. The number of carbonyl (C=O) groups excluding carboxylic acids is 2. The molecule has 0 radical (unpaired) electrons. The largest absolute Gasteiger partial charge is 0.334 e. The molecule has 25 heavy (non-hydrogen) atoms. The second-order valence-corrected chi connectivity index (χ2v) is 6.85. The van der Waals surface area contributed by atoms with Gasteiger partial charge in [0.1, 0.15) is 5.54 Å². The van der Waals surface area contributed by atoms with Crippen LogP contribution in [0.3, 0.4) is 0 Å². The van der Waals surface area contributed by atoms with E-state index in [1.165, 1.54) is 4.90 Å². The van der Waals surface area contributed by atoms with Crippen molar-refractivity contribution in [1.29, 1.82) is 0 Å². The maximum Gasteiger partial charge on any atom is 0.325 e. The highest BCUT2D eigenvalue weighted by Gasteiger charge is 2.51. The molecule has 2 aliphatic rings. The van der Waals surface area contributed by atoms with Crippen molar-refractivity contribution in [3.8, 4) is 11.5 Å². The number of nitrogens with zero attached hydrogens (tertiary/aromatic N) is 3. The lowest BCUT2D eigenvalue weighted by Crippen LogP contribution is -2.48. The van der Waals surface area contributed by atoms with Gasteiger partial charge in [-0.05, 0) is 31.9 Å². The van der Waals surface area contributed by atoms with Gasteiger partial charge in [-0.25, -0.2) is 4.79 Å². The summed E-state index contributed by atoms with van der Waals surface area (Å²) in [5.41, 5.74) is 1.23. The van der Waals surface area contributed by atoms with E-state index in [0.717, 1.165) is 30.4 Å². The van der Waals surface area contributed by atoms with E-state index in [0.29, 0.717) is 24.6 Å². The fraction of sp³-hybridized carbons (Fsp3) is 0.444. The van der Waals surface area contributed by atoms with E-state index < -0.39 is 5.54 Å². The number of urea groups is 1. The van der Waals surface area contributed by atoms with E-state index in [1.54, 1.807) is 0 Å². The Kier molecular flexibility index (Phi) is 3.78. The Balaban J connectivity index is 1.51. The molecular formula is C18H20N4O3. The van der Waals surface area contributed by atoms with E-state index in [9.17, 15) is 9.59 Å². The molecular weight excluding hydrogens is 320 g/mol. The van der Waals surface area contributed by atoms with Crippen LogP contribution in [0, 0.1) is 6.92 Å². The summed E-state index contributed by atoms with van der Waals surface area (Å²) in [5, 5.41) is 6.81. The standard InChI is InChI=1S/C18H20N4O3/c1-12-5-7-13(8-6-12)15-19-14(21-25-15)11-22-16(23)18(20-17(22)24)9-3-2-4-10-18/h5-8H,2-4,9-11H2,1H3,(H,20,24). The second kappa shape index (κ2) is 5.98. The highest BCUT2D eigenvalue weighted by atomic mass is 16.5. The van der Waals surface area contributed by atoms with Crippen molar-refractivity contribution in [3.63, 3.8) is 0 Å². The number of nitrogens with one attached hydrogen (secondary N) is 1. The fourth-order valence-electron chi connectivity index (χ4n) is 3.59. The minimum atomic E-state index is -0.723. The topological polar surface area (TPSA) is 88.3 Å². The van der Waals surface area contributed by atoms with E-state index in [4.69, 9.17) is 4.52 Å². The van der Waals surface area contributed by atoms with Gasteiger partial charge in [0, 0.05) is 5.56 Å². The number of carbonyl (C=O) groups is 2. The molecule has 2 fully saturated rings. The van der Waals surface area contributed by atoms with Crippen LogP contribution in [0.25, 0.3) is 11.5 Å². The number of aryl methyl sites for hydroxylation is 1. The van der Waals surface area contributed by atoms with Crippen LogP contribution >= 0.6 is 0 Å². The van der Waals surface area contributed by atoms with Gasteiger partial charge in [-0.1, -0.05) is 42.1 Å². The molecule has 0 unspecified atom stereocenters. The predicted octanol–water partition coefficient (Wildman–Crippen LogP) is 2.80. The Hall–Kier alpha value is -2.70. The zero-order valence-electron chi connectivity index (χ0n) is 14.1. The Labute approximate surface area is 145 Å². The molecule has 130 valence electrons. The molecule has 1 aliphatic carbocycles. The van der Waals surface area contributed by atoms with E-state index >= 15 is 0 Å². The third-order valence-electron chi connectivity index (χ3n) is 5.02. The monoisotopic (exact) mass is 340 g/mol. The lowest BCUT2D eigenvalue weighted by atomic mass is 9.82. The van der Waals surface area contributed by atoms with Crippen molar-refractivity contribution in [2.45, 2.75) is 51.1 Å². The van der Waals surface area contributed by atoms with Crippen molar-refractivity contribution in [3.05, 3.63) is 35.7 Å². The van der Waals surface area contributed by atoms with Crippen LogP contribution in [0.2, 0.25) is 0 Å². The third-order valence-corrected chi connectivity index (χ3v) is 5.02. The van der Waals surface area contributed by atoms with Gasteiger partial charge in [0.2, 0.25) is 0 Å². The van der Waals surface area contributed by atoms with Crippen LogP contribution < -0.4 is 5.32 Å². The van der Waals surface area contributed by atoms with Crippen LogP contribution in [-0.2, 0) is 11.3 Å². The molecule has 1 N–H and O–H groups in total.